The van der Waals surface area contributed by atoms with Crippen LogP contribution in [0.5, 0.6) is 0 Å². The zero-order chi connectivity index (χ0) is 22.5. The maximum absolute atomic E-state index is 13.0. The molecule has 1 aliphatic carbocycles. The summed E-state index contributed by atoms with van der Waals surface area (Å²) in [5.41, 5.74) is -0.756. The lowest BCUT2D eigenvalue weighted by molar-refractivity contribution is -0.394. The summed E-state index contributed by atoms with van der Waals surface area (Å²) in [5.74, 6) is -1.02. The summed E-state index contributed by atoms with van der Waals surface area (Å²) < 4.78 is 0. The topological polar surface area (TPSA) is 136 Å². The van der Waals surface area contributed by atoms with Gasteiger partial charge in [-0.05, 0) is 25.0 Å². The van der Waals surface area contributed by atoms with Crippen LogP contribution in [-0.2, 0) is 0 Å². The molecule has 2 amide bonds. The predicted molar refractivity (Wildman–Crippen MR) is 113 cm³/mol. The second kappa shape index (κ2) is 9.33. The Balaban J connectivity index is 1.90. The van der Waals surface area contributed by atoms with Crippen molar-refractivity contribution in [1.82, 2.24) is 5.32 Å². The zero-order valence-electron chi connectivity index (χ0n) is 16.9. The van der Waals surface area contributed by atoms with Gasteiger partial charge in [0.05, 0.1) is 32.7 Å². The molecule has 0 aromatic heterocycles. The van der Waals surface area contributed by atoms with Crippen LogP contribution >= 0.6 is 0 Å². The molecule has 1 N–H and O–H groups in total. The summed E-state index contributed by atoms with van der Waals surface area (Å²) in [4.78, 5) is 47.7. The number of nitro benzene ring substituents is 2. The molecule has 0 saturated heterocycles. The highest BCUT2D eigenvalue weighted by molar-refractivity contribution is 6.10. The van der Waals surface area contributed by atoms with Crippen LogP contribution in [0.2, 0.25) is 0 Å². The fraction of sp³-hybridized carbons (Fsp3) is 0.333. The molecule has 1 aliphatic rings. The number of nitrogens with zero attached hydrogens (tertiary/aromatic N) is 3. The number of hydrogen-bond acceptors (Lipinski definition) is 6. The third-order valence-electron chi connectivity index (χ3n) is 5.33. The van der Waals surface area contributed by atoms with Crippen LogP contribution in [-0.4, -0.2) is 34.8 Å². The van der Waals surface area contributed by atoms with E-state index in [1.807, 2.05) is 0 Å². The number of para-hydroxylation sites is 1. The standard InChI is InChI=1S/C21H22N4O6/c1-23(21(27)14-11-16(24(28)29)13-17(12-14)25(30)31)19-10-6-5-9-18(19)20(26)22-15-7-3-2-4-8-15/h5-6,9-13,15H,2-4,7-8H2,1H3,(H,22,26). The van der Waals surface area contributed by atoms with E-state index in [1.165, 1.54) is 11.9 Å². The van der Waals surface area contributed by atoms with Crippen molar-refractivity contribution in [2.24, 2.45) is 0 Å². The van der Waals surface area contributed by atoms with Gasteiger partial charge < -0.3 is 10.2 Å². The number of rotatable bonds is 6. The van der Waals surface area contributed by atoms with E-state index in [0.29, 0.717) is 5.69 Å². The van der Waals surface area contributed by atoms with Gasteiger partial charge in [-0.1, -0.05) is 31.4 Å². The van der Waals surface area contributed by atoms with E-state index in [1.54, 1.807) is 24.3 Å². The summed E-state index contributed by atoms with van der Waals surface area (Å²) in [6.07, 6.45) is 5.06. The third kappa shape index (κ3) is 5.03. The minimum absolute atomic E-state index is 0.0785. The Morgan fingerprint density at radius 2 is 1.55 bits per heavy atom. The number of carbonyl (C=O) groups excluding carboxylic acids is 2. The Kier molecular flexibility index (Phi) is 6.58. The minimum Gasteiger partial charge on any atom is -0.349 e. The second-order valence-electron chi connectivity index (χ2n) is 7.44. The van der Waals surface area contributed by atoms with Gasteiger partial charge in [-0.3, -0.25) is 29.8 Å². The van der Waals surface area contributed by atoms with E-state index in [0.717, 1.165) is 50.3 Å². The van der Waals surface area contributed by atoms with Gasteiger partial charge in [-0.25, -0.2) is 0 Å². The number of amides is 2. The number of anilines is 1. The number of non-ortho nitro benzene ring substituents is 2. The first-order valence-electron chi connectivity index (χ1n) is 9.89. The Bertz CT molecular complexity index is 1000. The fourth-order valence-electron chi connectivity index (χ4n) is 3.70. The Morgan fingerprint density at radius 1 is 0.968 bits per heavy atom. The largest absolute Gasteiger partial charge is 0.349 e. The first-order valence-corrected chi connectivity index (χ1v) is 9.89. The highest BCUT2D eigenvalue weighted by atomic mass is 16.6. The van der Waals surface area contributed by atoms with E-state index < -0.39 is 27.1 Å². The molecule has 2 aromatic carbocycles. The lowest BCUT2D eigenvalue weighted by Gasteiger charge is -2.25. The molecule has 31 heavy (non-hydrogen) atoms. The Morgan fingerprint density at radius 3 is 2.13 bits per heavy atom. The average molecular weight is 426 g/mol. The van der Waals surface area contributed by atoms with Crippen molar-refractivity contribution in [3.8, 4) is 0 Å². The van der Waals surface area contributed by atoms with Crippen LogP contribution in [0.1, 0.15) is 52.8 Å². The number of nitrogens with one attached hydrogen (secondary N) is 1. The maximum Gasteiger partial charge on any atom is 0.277 e. The van der Waals surface area contributed by atoms with Crippen molar-refractivity contribution in [3.63, 3.8) is 0 Å². The summed E-state index contributed by atoms with van der Waals surface area (Å²) in [5, 5.41) is 25.3. The summed E-state index contributed by atoms with van der Waals surface area (Å²) in [6.45, 7) is 0. The minimum atomic E-state index is -0.796. The summed E-state index contributed by atoms with van der Waals surface area (Å²) in [7, 11) is 1.42. The zero-order valence-corrected chi connectivity index (χ0v) is 16.9. The molecule has 10 heteroatoms. The van der Waals surface area contributed by atoms with Crippen LogP contribution in [0, 0.1) is 20.2 Å². The average Bonchev–Trinajstić information content (AvgIpc) is 2.78. The molecule has 0 aliphatic heterocycles. The molecule has 10 nitrogen and oxygen atoms in total. The van der Waals surface area contributed by atoms with Gasteiger partial charge in [0.15, 0.2) is 0 Å². The lowest BCUT2D eigenvalue weighted by atomic mass is 9.95. The van der Waals surface area contributed by atoms with Crippen LogP contribution in [0.4, 0.5) is 17.1 Å². The second-order valence-corrected chi connectivity index (χ2v) is 7.44. The molecule has 1 saturated carbocycles. The maximum atomic E-state index is 13.0. The van der Waals surface area contributed by atoms with Gasteiger partial charge in [0, 0.05) is 25.2 Å². The first-order chi connectivity index (χ1) is 14.8. The number of benzene rings is 2. The van der Waals surface area contributed by atoms with Crippen LogP contribution < -0.4 is 10.2 Å². The third-order valence-corrected chi connectivity index (χ3v) is 5.33. The van der Waals surface area contributed by atoms with E-state index in [-0.39, 0.29) is 23.1 Å². The molecule has 1 fully saturated rings. The molecular weight excluding hydrogens is 404 g/mol. The number of nitro groups is 2. The van der Waals surface area contributed by atoms with Gasteiger partial charge in [-0.2, -0.15) is 0 Å². The highest BCUT2D eigenvalue weighted by Gasteiger charge is 2.25. The van der Waals surface area contributed by atoms with E-state index >= 15 is 0 Å². The Hall–Kier alpha value is -3.82. The predicted octanol–water partition coefficient (Wildman–Crippen LogP) is 3.84. The molecule has 0 unspecified atom stereocenters. The quantitative estimate of drug-likeness (QED) is 0.550. The molecule has 0 spiro atoms. The fourth-order valence-corrected chi connectivity index (χ4v) is 3.70. The molecule has 162 valence electrons. The first kappa shape index (κ1) is 21.9. The van der Waals surface area contributed by atoms with Crippen molar-refractivity contribution < 1.29 is 19.4 Å². The lowest BCUT2D eigenvalue weighted by Crippen LogP contribution is -2.37. The van der Waals surface area contributed by atoms with Gasteiger partial charge in [0.1, 0.15) is 0 Å². The molecule has 0 bridgehead atoms. The van der Waals surface area contributed by atoms with Crippen molar-refractivity contribution in [1.29, 1.82) is 0 Å². The molecule has 0 radical (unpaired) electrons. The van der Waals surface area contributed by atoms with Crippen LogP contribution in [0.15, 0.2) is 42.5 Å². The smallest absolute Gasteiger partial charge is 0.277 e. The van der Waals surface area contributed by atoms with Crippen LogP contribution in [0.3, 0.4) is 0 Å². The van der Waals surface area contributed by atoms with Gasteiger partial charge in [0.25, 0.3) is 23.2 Å². The van der Waals surface area contributed by atoms with Crippen molar-refractivity contribution in [2.45, 2.75) is 38.1 Å². The van der Waals surface area contributed by atoms with E-state index in [4.69, 9.17) is 0 Å². The van der Waals surface area contributed by atoms with Gasteiger partial charge in [-0.15, -0.1) is 0 Å². The Labute approximate surface area is 178 Å². The molecule has 3 rings (SSSR count). The van der Waals surface area contributed by atoms with Gasteiger partial charge in [0.2, 0.25) is 0 Å². The normalized spacial score (nSPS) is 14.0. The SMILES string of the molecule is CN(C(=O)c1cc([N+](=O)[O-])cc([N+](=O)[O-])c1)c1ccccc1C(=O)NC1CCCCC1. The summed E-state index contributed by atoms with van der Waals surface area (Å²) >= 11 is 0. The van der Waals surface area contributed by atoms with Gasteiger partial charge >= 0.3 is 0 Å². The molecular formula is C21H22N4O6. The number of hydrogen-bond donors (Lipinski definition) is 1. The monoisotopic (exact) mass is 426 g/mol. The summed E-state index contributed by atoms with van der Waals surface area (Å²) in [6, 6.07) is 9.35. The van der Waals surface area contributed by atoms with E-state index in [2.05, 4.69) is 5.32 Å². The van der Waals surface area contributed by atoms with E-state index in [9.17, 15) is 29.8 Å². The molecule has 2 aromatic rings. The van der Waals surface area contributed by atoms with Crippen molar-refractivity contribution >= 4 is 28.9 Å². The highest BCUT2D eigenvalue weighted by Crippen LogP contribution is 2.27. The van der Waals surface area contributed by atoms with Crippen molar-refractivity contribution in [2.75, 3.05) is 11.9 Å². The number of carbonyl (C=O) groups is 2. The molecule has 0 atom stereocenters. The molecule has 0 heterocycles. The van der Waals surface area contributed by atoms with Crippen LogP contribution in [0.25, 0.3) is 0 Å². The van der Waals surface area contributed by atoms with Crippen molar-refractivity contribution in [3.05, 3.63) is 73.8 Å².